The normalized spacial score (nSPS) is 22.4. The molecular weight excluding hydrogens is 261 g/mol. The maximum atomic E-state index is 13.3. The van der Waals surface area contributed by atoms with Gasteiger partial charge in [0.1, 0.15) is 5.82 Å². The lowest BCUT2D eigenvalue weighted by molar-refractivity contribution is 0.195. The molecule has 0 bridgehead atoms. The van der Waals surface area contributed by atoms with Gasteiger partial charge in [0.25, 0.3) is 0 Å². The van der Waals surface area contributed by atoms with Crippen LogP contribution in [0.1, 0.15) is 57.6 Å². The summed E-state index contributed by atoms with van der Waals surface area (Å²) in [5, 5.41) is 3.76. The molecule has 1 aromatic carbocycles. The second kappa shape index (κ2) is 6.91. The lowest BCUT2D eigenvalue weighted by atomic mass is 9.75. The van der Waals surface area contributed by atoms with E-state index in [4.69, 9.17) is 0 Å². The van der Waals surface area contributed by atoms with Gasteiger partial charge in [0, 0.05) is 6.04 Å². The number of benzene rings is 1. The fraction of sp³-hybridized carbons (Fsp3) is 0.684. The Kier molecular flexibility index (Phi) is 5.43. The van der Waals surface area contributed by atoms with Crippen molar-refractivity contribution in [3.8, 4) is 0 Å². The van der Waals surface area contributed by atoms with Crippen LogP contribution in [0.5, 0.6) is 0 Å². The highest BCUT2D eigenvalue weighted by Crippen LogP contribution is 2.45. The Balaban J connectivity index is 2.16. The molecule has 1 N–H and O–H groups in total. The SMILES string of the molecule is CCCNC(Cc1ccc(F)cc1C)C1CCCC1(C)C. The van der Waals surface area contributed by atoms with E-state index in [2.05, 4.69) is 26.1 Å². The molecule has 2 heteroatoms. The second-order valence-electron chi connectivity index (χ2n) is 7.32. The second-order valence-corrected chi connectivity index (χ2v) is 7.32. The fourth-order valence-electron chi connectivity index (χ4n) is 3.91. The van der Waals surface area contributed by atoms with Crippen molar-refractivity contribution in [2.75, 3.05) is 6.54 Å². The van der Waals surface area contributed by atoms with Gasteiger partial charge in [0.15, 0.2) is 0 Å². The third kappa shape index (κ3) is 4.06. The molecule has 2 atom stereocenters. The van der Waals surface area contributed by atoms with Crippen molar-refractivity contribution in [3.05, 3.63) is 35.1 Å². The van der Waals surface area contributed by atoms with Crippen LogP contribution in [0.2, 0.25) is 0 Å². The Hall–Kier alpha value is -0.890. The number of hydrogen-bond acceptors (Lipinski definition) is 1. The van der Waals surface area contributed by atoms with Gasteiger partial charge in [0.2, 0.25) is 0 Å². The van der Waals surface area contributed by atoms with E-state index in [1.54, 1.807) is 12.1 Å². The van der Waals surface area contributed by atoms with Gasteiger partial charge in [-0.1, -0.05) is 33.3 Å². The molecule has 0 aromatic heterocycles. The zero-order valence-electron chi connectivity index (χ0n) is 14.0. The van der Waals surface area contributed by atoms with Gasteiger partial charge in [-0.3, -0.25) is 0 Å². The van der Waals surface area contributed by atoms with Crippen LogP contribution in [0.4, 0.5) is 4.39 Å². The molecule has 0 amide bonds. The summed E-state index contributed by atoms with van der Waals surface area (Å²) >= 11 is 0. The molecule has 0 spiro atoms. The minimum absolute atomic E-state index is 0.129. The van der Waals surface area contributed by atoms with Crippen LogP contribution in [0.3, 0.4) is 0 Å². The molecular formula is C19H30FN. The smallest absolute Gasteiger partial charge is 0.123 e. The summed E-state index contributed by atoms with van der Waals surface area (Å²) in [4.78, 5) is 0. The number of rotatable bonds is 6. The van der Waals surface area contributed by atoms with Crippen molar-refractivity contribution in [1.29, 1.82) is 0 Å². The number of nitrogens with one attached hydrogen (secondary N) is 1. The average Bonchev–Trinajstić information content (AvgIpc) is 2.76. The molecule has 2 unspecified atom stereocenters. The maximum Gasteiger partial charge on any atom is 0.123 e. The van der Waals surface area contributed by atoms with Gasteiger partial charge in [-0.15, -0.1) is 0 Å². The predicted molar refractivity (Wildman–Crippen MR) is 88.0 cm³/mol. The van der Waals surface area contributed by atoms with Crippen molar-refractivity contribution < 1.29 is 4.39 Å². The number of aryl methyl sites for hydroxylation is 1. The van der Waals surface area contributed by atoms with E-state index in [-0.39, 0.29) is 5.82 Å². The van der Waals surface area contributed by atoms with Crippen LogP contribution in [-0.4, -0.2) is 12.6 Å². The minimum Gasteiger partial charge on any atom is -0.313 e. The first kappa shape index (κ1) is 16.5. The van der Waals surface area contributed by atoms with Crippen LogP contribution in [-0.2, 0) is 6.42 Å². The van der Waals surface area contributed by atoms with Crippen LogP contribution < -0.4 is 5.32 Å². The summed E-state index contributed by atoms with van der Waals surface area (Å²) in [6, 6.07) is 5.73. The van der Waals surface area contributed by atoms with Crippen LogP contribution in [0.25, 0.3) is 0 Å². The van der Waals surface area contributed by atoms with E-state index in [9.17, 15) is 4.39 Å². The van der Waals surface area contributed by atoms with Crippen LogP contribution >= 0.6 is 0 Å². The first-order chi connectivity index (χ1) is 9.94. The summed E-state index contributed by atoms with van der Waals surface area (Å²) < 4.78 is 13.3. The Bertz CT molecular complexity index is 467. The molecule has 1 aromatic rings. The topological polar surface area (TPSA) is 12.0 Å². The van der Waals surface area contributed by atoms with E-state index in [0.29, 0.717) is 17.4 Å². The van der Waals surface area contributed by atoms with Gasteiger partial charge in [0.05, 0.1) is 0 Å². The van der Waals surface area contributed by atoms with Gasteiger partial charge in [-0.05, 0) is 73.7 Å². The molecule has 2 rings (SSSR count). The van der Waals surface area contributed by atoms with Gasteiger partial charge in [-0.25, -0.2) is 4.39 Å². The van der Waals surface area contributed by atoms with E-state index >= 15 is 0 Å². The molecule has 118 valence electrons. The summed E-state index contributed by atoms with van der Waals surface area (Å²) in [7, 11) is 0. The quantitative estimate of drug-likeness (QED) is 0.788. The van der Waals surface area contributed by atoms with Crippen LogP contribution in [0, 0.1) is 24.1 Å². The Morgan fingerprint density at radius 1 is 1.38 bits per heavy atom. The number of halogens is 1. The highest BCUT2D eigenvalue weighted by molar-refractivity contribution is 5.27. The van der Waals surface area contributed by atoms with Crippen molar-refractivity contribution in [3.63, 3.8) is 0 Å². The van der Waals surface area contributed by atoms with Crippen molar-refractivity contribution in [2.24, 2.45) is 11.3 Å². The third-order valence-electron chi connectivity index (χ3n) is 5.23. The summed E-state index contributed by atoms with van der Waals surface area (Å²) in [5.41, 5.74) is 2.78. The first-order valence-corrected chi connectivity index (χ1v) is 8.42. The molecule has 0 aliphatic heterocycles. The molecule has 1 nitrogen and oxygen atoms in total. The summed E-state index contributed by atoms with van der Waals surface area (Å²) in [6.07, 6.45) is 6.15. The maximum absolute atomic E-state index is 13.3. The summed E-state index contributed by atoms with van der Waals surface area (Å²) in [6.45, 7) is 10.1. The van der Waals surface area contributed by atoms with Gasteiger partial charge >= 0.3 is 0 Å². The number of hydrogen-bond donors (Lipinski definition) is 1. The molecule has 1 aliphatic carbocycles. The molecule has 1 fully saturated rings. The Morgan fingerprint density at radius 2 is 2.14 bits per heavy atom. The van der Waals surface area contributed by atoms with Crippen molar-refractivity contribution in [2.45, 2.75) is 65.8 Å². The molecule has 0 radical (unpaired) electrons. The molecule has 1 aliphatic rings. The highest BCUT2D eigenvalue weighted by Gasteiger charge is 2.39. The van der Waals surface area contributed by atoms with Gasteiger partial charge in [-0.2, -0.15) is 0 Å². The summed E-state index contributed by atoms with van der Waals surface area (Å²) in [5.74, 6) is 0.587. The molecule has 21 heavy (non-hydrogen) atoms. The lowest BCUT2D eigenvalue weighted by Gasteiger charge is -2.35. The third-order valence-corrected chi connectivity index (χ3v) is 5.23. The highest BCUT2D eigenvalue weighted by atomic mass is 19.1. The first-order valence-electron chi connectivity index (χ1n) is 8.42. The lowest BCUT2D eigenvalue weighted by Crippen LogP contribution is -2.42. The van der Waals surface area contributed by atoms with Crippen LogP contribution in [0.15, 0.2) is 18.2 Å². The zero-order valence-corrected chi connectivity index (χ0v) is 14.0. The monoisotopic (exact) mass is 291 g/mol. The van der Waals surface area contributed by atoms with E-state index in [1.165, 1.54) is 24.8 Å². The van der Waals surface area contributed by atoms with Crippen molar-refractivity contribution >= 4 is 0 Å². The van der Waals surface area contributed by atoms with E-state index in [1.807, 2.05) is 13.0 Å². The zero-order chi connectivity index (χ0) is 15.5. The standard InChI is InChI=1S/C19H30FN/c1-5-11-21-18(17-7-6-10-19(17,3)4)13-15-8-9-16(20)12-14(15)2/h8-9,12,17-18,21H,5-7,10-11,13H2,1-4H3. The molecule has 1 saturated carbocycles. The largest absolute Gasteiger partial charge is 0.313 e. The van der Waals surface area contributed by atoms with E-state index < -0.39 is 0 Å². The molecule has 0 saturated heterocycles. The Morgan fingerprint density at radius 3 is 2.71 bits per heavy atom. The molecule has 0 heterocycles. The van der Waals surface area contributed by atoms with Gasteiger partial charge < -0.3 is 5.32 Å². The van der Waals surface area contributed by atoms with E-state index in [0.717, 1.165) is 24.9 Å². The average molecular weight is 291 g/mol. The predicted octanol–water partition coefficient (Wildman–Crippen LogP) is 4.87. The minimum atomic E-state index is -0.129. The Labute approximate surface area is 129 Å². The fourth-order valence-corrected chi connectivity index (χ4v) is 3.91. The van der Waals surface area contributed by atoms with Crippen molar-refractivity contribution in [1.82, 2.24) is 5.32 Å².